The van der Waals surface area contributed by atoms with Gasteiger partial charge >= 0.3 is 6.09 Å². The quantitative estimate of drug-likeness (QED) is 0.761. The third-order valence-corrected chi connectivity index (χ3v) is 3.01. The van der Waals surface area contributed by atoms with Crippen LogP contribution in [0, 0.1) is 5.92 Å². The molecule has 0 spiro atoms. The fraction of sp³-hybridized carbons (Fsp3) is 0.846. The van der Waals surface area contributed by atoms with Crippen LogP contribution in [0.4, 0.5) is 4.79 Å². The molecule has 1 saturated heterocycles. The van der Waals surface area contributed by atoms with Crippen molar-refractivity contribution in [3.05, 3.63) is 0 Å². The van der Waals surface area contributed by atoms with Gasteiger partial charge in [0.2, 0.25) is 0 Å². The fourth-order valence-corrected chi connectivity index (χ4v) is 1.84. The maximum absolute atomic E-state index is 12.1. The van der Waals surface area contributed by atoms with E-state index in [9.17, 15) is 9.59 Å². The van der Waals surface area contributed by atoms with Gasteiger partial charge < -0.3 is 9.47 Å². The van der Waals surface area contributed by atoms with Crippen LogP contribution in [0.1, 0.15) is 41.0 Å². The largest absolute Gasteiger partial charge is 0.443 e. The Labute approximate surface area is 108 Å². The molecule has 0 aliphatic carbocycles. The SMILES string of the molecule is CCC(C)C1COCC(=O)N1C(=O)OC(C)(C)C. The molecule has 0 aromatic carbocycles. The zero-order valence-corrected chi connectivity index (χ0v) is 11.9. The Morgan fingerprint density at radius 3 is 2.67 bits per heavy atom. The number of ether oxygens (including phenoxy) is 2. The minimum atomic E-state index is -0.602. The minimum absolute atomic E-state index is 0.0494. The first-order valence-corrected chi connectivity index (χ1v) is 6.39. The Morgan fingerprint density at radius 1 is 1.56 bits per heavy atom. The van der Waals surface area contributed by atoms with Crippen LogP contribution in [-0.2, 0) is 14.3 Å². The van der Waals surface area contributed by atoms with Crippen LogP contribution in [0.25, 0.3) is 0 Å². The first-order chi connectivity index (χ1) is 8.26. The Balaban J connectivity index is 2.84. The Morgan fingerprint density at radius 2 is 2.17 bits per heavy atom. The van der Waals surface area contributed by atoms with Crippen molar-refractivity contribution in [3.8, 4) is 0 Å². The average Bonchev–Trinajstić information content (AvgIpc) is 2.25. The van der Waals surface area contributed by atoms with Crippen molar-refractivity contribution in [2.45, 2.75) is 52.7 Å². The van der Waals surface area contributed by atoms with Crippen LogP contribution in [0.5, 0.6) is 0 Å². The van der Waals surface area contributed by atoms with Gasteiger partial charge in [-0.2, -0.15) is 0 Å². The van der Waals surface area contributed by atoms with E-state index in [0.717, 1.165) is 6.42 Å². The van der Waals surface area contributed by atoms with Crippen molar-refractivity contribution in [3.63, 3.8) is 0 Å². The number of hydrogen-bond donors (Lipinski definition) is 0. The number of hydrogen-bond acceptors (Lipinski definition) is 4. The van der Waals surface area contributed by atoms with Crippen LogP contribution in [0.2, 0.25) is 0 Å². The third-order valence-electron chi connectivity index (χ3n) is 3.01. The van der Waals surface area contributed by atoms with Gasteiger partial charge in [-0.15, -0.1) is 0 Å². The van der Waals surface area contributed by atoms with Gasteiger partial charge in [0.1, 0.15) is 12.2 Å². The molecule has 2 atom stereocenters. The zero-order valence-electron chi connectivity index (χ0n) is 11.9. The molecule has 2 amide bonds. The van der Waals surface area contributed by atoms with E-state index in [1.54, 1.807) is 20.8 Å². The molecular weight excluding hydrogens is 234 g/mol. The highest BCUT2D eigenvalue weighted by Crippen LogP contribution is 2.21. The topological polar surface area (TPSA) is 55.8 Å². The lowest BCUT2D eigenvalue weighted by Gasteiger charge is -2.37. The van der Waals surface area contributed by atoms with Crippen LogP contribution >= 0.6 is 0 Å². The van der Waals surface area contributed by atoms with E-state index in [2.05, 4.69) is 0 Å². The number of morpholine rings is 1. The molecule has 2 unspecified atom stereocenters. The summed E-state index contributed by atoms with van der Waals surface area (Å²) in [4.78, 5) is 25.2. The van der Waals surface area contributed by atoms with Crippen molar-refractivity contribution >= 4 is 12.0 Å². The second-order valence-electron chi connectivity index (χ2n) is 5.71. The van der Waals surface area contributed by atoms with E-state index in [0.29, 0.717) is 6.61 Å². The number of carbonyl (C=O) groups is 2. The first kappa shape index (κ1) is 15.0. The molecule has 104 valence electrons. The zero-order chi connectivity index (χ0) is 13.9. The summed E-state index contributed by atoms with van der Waals surface area (Å²) in [6, 6.07) is -0.230. The van der Waals surface area contributed by atoms with Gasteiger partial charge in [0.15, 0.2) is 0 Å². The fourth-order valence-electron chi connectivity index (χ4n) is 1.84. The third kappa shape index (κ3) is 3.70. The molecule has 0 aromatic heterocycles. The lowest BCUT2D eigenvalue weighted by molar-refractivity contribution is -0.148. The van der Waals surface area contributed by atoms with Gasteiger partial charge in [-0.05, 0) is 26.7 Å². The molecule has 1 fully saturated rings. The predicted octanol–water partition coefficient (Wildman–Crippen LogP) is 2.20. The van der Waals surface area contributed by atoms with Crippen LogP contribution in [-0.4, -0.2) is 41.8 Å². The highest BCUT2D eigenvalue weighted by atomic mass is 16.6. The molecule has 1 heterocycles. The van der Waals surface area contributed by atoms with Crippen LogP contribution < -0.4 is 0 Å². The highest BCUT2D eigenvalue weighted by molar-refractivity contribution is 5.93. The maximum atomic E-state index is 12.1. The summed E-state index contributed by atoms with van der Waals surface area (Å²) in [5, 5.41) is 0. The second kappa shape index (κ2) is 5.69. The van der Waals surface area contributed by atoms with Crippen LogP contribution in [0.3, 0.4) is 0 Å². The van der Waals surface area contributed by atoms with Crippen LogP contribution in [0.15, 0.2) is 0 Å². The van der Waals surface area contributed by atoms with Crippen molar-refractivity contribution in [2.75, 3.05) is 13.2 Å². The molecule has 1 aliphatic heterocycles. The number of nitrogens with zero attached hydrogens (tertiary/aromatic N) is 1. The molecule has 5 heteroatoms. The van der Waals surface area contributed by atoms with E-state index in [-0.39, 0.29) is 24.5 Å². The number of rotatable bonds is 2. The Bertz CT molecular complexity index is 321. The molecule has 1 aliphatic rings. The Kier molecular flexibility index (Phi) is 4.73. The summed E-state index contributed by atoms with van der Waals surface area (Å²) in [7, 11) is 0. The van der Waals surface area contributed by atoms with Crippen molar-refractivity contribution in [1.82, 2.24) is 4.90 Å². The van der Waals surface area contributed by atoms with E-state index in [1.165, 1.54) is 4.90 Å². The maximum Gasteiger partial charge on any atom is 0.417 e. The summed E-state index contributed by atoms with van der Waals surface area (Å²) in [6.45, 7) is 9.73. The molecule has 18 heavy (non-hydrogen) atoms. The lowest BCUT2D eigenvalue weighted by Crippen LogP contribution is -2.55. The van der Waals surface area contributed by atoms with E-state index >= 15 is 0 Å². The summed E-state index contributed by atoms with van der Waals surface area (Å²) in [6.07, 6.45) is 0.307. The van der Waals surface area contributed by atoms with Gasteiger partial charge in [-0.25, -0.2) is 9.69 Å². The van der Waals surface area contributed by atoms with E-state index < -0.39 is 11.7 Å². The van der Waals surface area contributed by atoms with Crippen molar-refractivity contribution in [1.29, 1.82) is 0 Å². The molecule has 0 radical (unpaired) electrons. The van der Waals surface area contributed by atoms with Crippen molar-refractivity contribution in [2.24, 2.45) is 5.92 Å². The summed E-state index contributed by atoms with van der Waals surface area (Å²) in [5.41, 5.74) is -0.602. The van der Waals surface area contributed by atoms with Gasteiger partial charge in [0.05, 0.1) is 12.6 Å². The van der Waals surface area contributed by atoms with Gasteiger partial charge in [0, 0.05) is 0 Å². The highest BCUT2D eigenvalue weighted by Gasteiger charge is 2.38. The van der Waals surface area contributed by atoms with Gasteiger partial charge in [0.25, 0.3) is 5.91 Å². The summed E-state index contributed by atoms with van der Waals surface area (Å²) < 4.78 is 10.5. The second-order valence-corrected chi connectivity index (χ2v) is 5.71. The summed E-state index contributed by atoms with van der Waals surface area (Å²) in [5.74, 6) is -0.123. The molecular formula is C13H23NO4. The first-order valence-electron chi connectivity index (χ1n) is 6.39. The normalized spacial score (nSPS) is 22.8. The molecule has 1 rings (SSSR count). The van der Waals surface area contributed by atoms with E-state index in [4.69, 9.17) is 9.47 Å². The smallest absolute Gasteiger partial charge is 0.417 e. The Hall–Kier alpha value is -1.10. The van der Waals surface area contributed by atoms with E-state index in [1.807, 2.05) is 13.8 Å². The number of amides is 2. The number of carbonyl (C=O) groups excluding carboxylic acids is 2. The number of imide groups is 1. The van der Waals surface area contributed by atoms with Gasteiger partial charge in [-0.1, -0.05) is 20.3 Å². The molecule has 0 N–H and O–H groups in total. The average molecular weight is 257 g/mol. The predicted molar refractivity (Wildman–Crippen MR) is 67.1 cm³/mol. The minimum Gasteiger partial charge on any atom is -0.443 e. The van der Waals surface area contributed by atoms with Crippen molar-refractivity contribution < 1.29 is 19.1 Å². The molecule has 0 aromatic rings. The monoisotopic (exact) mass is 257 g/mol. The molecule has 5 nitrogen and oxygen atoms in total. The summed E-state index contributed by atoms with van der Waals surface area (Å²) >= 11 is 0. The molecule has 0 saturated carbocycles. The molecule has 0 bridgehead atoms. The standard InChI is InChI=1S/C13H23NO4/c1-6-9(2)10-7-17-8-11(15)14(10)12(16)18-13(3,4)5/h9-10H,6-8H2,1-5H3. The van der Waals surface area contributed by atoms with Gasteiger partial charge in [-0.3, -0.25) is 4.79 Å². The lowest BCUT2D eigenvalue weighted by atomic mass is 9.97.